The van der Waals surface area contributed by atoms with Crippen LogP contribution in [0.4, 0.5) is 10.5 Å². The zero-order chi connectivity index (χ0) is 48.1. The summed E-state index contributed by atoms with van der Waals surface area (Å²) in [4.78, 5) is 77.2. The number of Topliss-reactive ketones (excluding diaryl/α,β-unsaturated/α-hetero) is 1. The predicted octanol–water partition coefficient (Wildman–Crippen LogP) is -0.763. The molecule has 24 nitrogen and oxygen atoms in total. The molecule has 1 amide bonds. The van der Waals surface area contributed by atoms with Crippen molar-refractivity contribution in [2.45, 2.75) is 99.7 Å². The number of nitrogens with one attached hydrogen (secondary N) is 1. The molecule has 2 fully saturated rings. The fourth-order valence-electron chi connectivity index (χ4n) is 8.48. The number of hydrogen-bond donors (Lipinski definition) is 9. The lowest BCUT2D eigenvalue weighted by molar-refractivity contribution is -0.385. The summed E-state index contributed by atoms with van der Waals surface area (Å²) in [5.74, 6) is -6.00. The molecule has 7 rings (SSSR count). The average Bonchev–Trinajstić information content (AvgIpc) is 3.29. The summed E-state index contributed by atoms with van der Waals surface area (Å²) < 4.78 is 38.2. The third-order valence-electron chi connectivity index (χ3n) is 11.9. The minimum atomic E-state index is -2.46. The van der Waals surface area contributed by atoms with E-state index in [0.29, 0.717) is 0 Å². The number of carbonyl (C=O) groups is 5. The van der Waals surface area contributed by atoms with Crippen LogP contribution in [-0.2, 0) is 46.3 Å². The first kappa shape index (κ1) is 47.6. The zero-order valence-electron chi connectivity index (χ0n) is 35.0. The molecule has 0 bridgehead atoms. The van der Waals surface area contributed by atoms with Gasteiger partial charge in [-0.1, -0.05) is 12.1 Å². The average molecular weight is 929 g/mol. The van der Waals surface area contributed by atoms with Gasteiger partial charge >= 0.3 is 12.1 Å². The Hall–Kier alpha value is -6.35. The van der Waals surface area contributed by atoms with Crippen LogP contribution in [0.25, 0.3) is 0 Å². The van der Waals surface area contributed by atoms with E-state index in [9.17, 15) is 74.9 Å². The van der Waals surface area contributed by atoms with Gasteiger partial charge in [-0.2, -0.15) is 0 Å². The van der Waals surface area contributed by atoms with Crippen LogP contribution in [0.3, 0.4) is 0 Å². The number of carbonyl (C=O) groups excluding carboxylic acids is 5. The summed E-state index contributed by atoms with van der Waals surface area (Å²) in [5.41, 5.74) is -5.40. The lowest BCUT2D eigenvalue weighted by Crippen LogP contribution is -2.61. The van der Waals surface area contributed by atoms with E-state index in [1.54, 1.807) is 0 Å². The number of aliphatic hydroxyl groups excluding tert-OH is 5. The number of ketones is 3. The Balaban J connectivity index is 1.12. The van der Waals surface area contributed by atoms with E-state index in [1.807, 2.05) is 0 Å². The Morgan fingerprint density at radius 2 is 1.64 bits per heavy atom. The summed E-state index contributed by atoms with van der Waals surface area (Å²) >= 11 is 0. The third-order valence-corrected chi connectivity index (χ3v) is 11.9. The highest BCUT2D eigenvalue weighted by molar-refractivity contribution is 6.31. The Morgan fingerprint density at radius 1 is 0.924 bits per heavy atom. The van der Waals surface area contributed by atoms with Crippen molar-refractivity contribution < 1.29 is 103 Å². The van der Waals surface area contributed by atoms with Crippen molar-refractivity contribution in [3.8, 4) is 23.0 Å². The van der Waals surface area contributed by atoms with Gasteiger partial charge in [-0.25, -0.2) is 9.59 Å². The number of aliphatic hydroxyl groups is 6. The number of esters is 1. The monoisotopic (exact) mass is 928 g/mol. The first-order valence-corrected chi connectivity index (χ1v) is 20.1. The molecule has 0 aromatic heterocycles. The van der Waals surface area contributed by atoms with Crippen LogP contribution in [0.2, 0.25) is 0 Å². The topological polar surface area (TPSA) is 367 Å². The van der Waals surface area contributed by atoms with E-state index in [-0.39, 0.29) is 39.3 Å². The van der Waals surface area contributed by atoms with Gasteiger partial charge in [0.25, 0.3) is 5.69 Å². The highest BCUT2D eigenvalue weighted by Gasteiger charge is 2.51. The SMILES string of the molecule is COC(=O)[C@H]1O[C@@H](Oc2ccc([N+](=O)[O-])cc2COC(=O)N[C@H]2C[C@H](O[C@H]3C[C@](O)(C(=O)CO)Cc4c(O)c5c(c(O)c43)C(=O)c3c(OC)cccc3C5=O)O[C@@H](C)[C@H]2O)[C@H](O)[C@@H](O)[C@@H]1O. The van der Waals surface area contributed by atoms with Gasteiger partial charge in [0.15, 0.2) is 24.0 Å². The van der Waals surface area contributed by atoms with E-state index < -0.39 is 162 Å². The number of nitro benzene ring substituents is 1. The number of amides is 1. The predicted molar refractivity (Wildman–Crippen MR) is 213 cm³/mol. The molecule has 2 aliphatic carbocycles. The van der Waals surface area contributed by atoms with Crippen LogP contribution >= 0.6 is 0 Å². The summed E-state index contributed by atoms with van der Waals surface area (Å²) in [5, 5.41) is 101. The number of methoxy groups -OCH3 is 2. The number of aromatic hydroxyl groups is 2. The van der Waals surface area contributed by atoms with Crippen LogP contribution in [0.1, 0.15) is 74.4 Å². The summed E-state index contributed by atoms with van der Waals surface area (Å²) in [7, 11) is 2.24. The molecule has 24 heteroatoms. The molecule has 66 heavy (non-hydrogen) atoms. The van der Waals surface area contributed by atoms with Gasteiger partial charge in [-0.3, -0.25) is 24.5 Å². The summed E-state index contributed by atoms with van der Waals surface area (Å²) in [6, 6.07) is 5.89. The minimum Gasteiger partial charge on any atom is -0.507 e. The standard InChI is InChI=1S/C42H44N2O22/c1-15-30(47)20(43-41(56)62-14-16-9-17(44(58)59)7-8-21(16)65-40-37(54)35(52)36(53)38(66-40)39(55)61-3)10-25(63-15)64-23-12-42(57,24(46)13-45)11-19-27(23)34(51)29-28(32(19)49)31(48)18-5-4-6-22(60-2)26(18)33(29)50/h4-9,15,20,23,25,30,35-38,40,45,47,49,51-54,57H,10-14H2,1-3H3,(H,43,56)/t15-,20-,23-,25-,30+,35-,36-,37+,38-,40+,42-/m0/s1. The van der Waals surface area contributed by atoms with E-state index in [1.165, 1.54) is 32.2 Å². The number of phenolic OH excluding ortho intramolecular Hbond substituents is 2. The van der Waals surface area contributed by atoms with Crippen LogP contribution in [0.5, 0.6) is 23.0 Å². The molecule has 11 atom stereocenters. The Bertz CT molecular complexity index is 2480. The molecular weight excluding hydrogens is 884 g/mol. The van der Waals surface area contributed by atoms with Crippen molar-refractivity contribution in [3.05, 3.63) is 85.5 Å². The van der Waals surface area contributed by atoms with E-state index in [2.05, 4.69) is 10.1 Å². The third kappa shape index (κ3) is 8.49. The second-order valence-electron chi connectivity index (χ2n) is 15.9. The molecule has 0 unspecified atom stereocenters. The van der Waals surface area contributed by atoms with Gasteiger partial charge in [0.1, 0.15) is 66.2 Å². The van der Waals surface area contributed by atoms with E-state index >= 15 is 0 Å². The van der Waals surface area contributed by atoms with Crippen molar-refractivity contribution in [1.29, 1.82) is 0 Å². The highest BCUT2D eigenvalue weighted by atomic mass is 16.7. The molecule has 4 aliphatic rings. The van der Waals surface area contributed by atoms with Crippen molar-refractivity contribution >= 4 is 35.1 Å². The van der Waals surface area contributed by atoms with Gasteiger partial charge in [0, 0.05) is 53.6 Å². The Kier molecular flexibility index (Phi) is 13.3. The lowest BCUT2D eigenvalue weighted by Gasteiger charge is -2.42. The number of rotatable bonds is 12. The molecule has 3 aromatic carbocycles. The lowest BCUT2D eigenvalue weighted by atomic mass is 9.72. The minimum absolute atomic E-state index is 0.00537. The van der Waals surface area contributed by atoms with Gasteiger partial charge in [-0.05, 0) is 19.1 Å². The summed E-state index contributed by atoms with van der Waals surface area (Å²) in [6.45, 7) is -0.543. The molecule has 9 N–H and O–H groups in total. The van der Waals surface area contributed by atoms with Crippen molar-refractivity contribution in [3.63, 3.8) is 0 Å². The molecule has 0 spiro atoms. The second-order valence-corrected chi connectivity index (χ2v) is 15.9. The smallest absolute Gasteiger partial charge is 0.407 e. The largest absolute Gasteiger partial charge is 0.507 e. The number of benzene rings is 3. The second kappa shape index (κ2) is 18.5. The number of non-ortho nitro benzene ring substituents is 1. The highest BCUT2D eigenvalue weighted by Crippen LogP contribution is 2.52. The molecule has 2 saturated heterocycles. The van der Waals surface area contributed by atoms with Crippen LogP contribution in [-0.4, -0.2) is 157 Å². The van der Waals surface area contributed by atoms with Crippen molar-refractivity contribution in [2.24, 2.45) is 0 Å². The van der Waals surface area contributed by atoms with Gasteiger partial charge in [0.05, 0.1) is 54.1 Å². The van der Waals surface area contributed by atoms with Crippen molar-refractivity contribution in [1.82, 2.24) is 5.32 Å². The van der Waals surface area contributed by atoms with Crippen LogP contribution < -0.4 is 14.8 Å². The Morgan fingerprint density at radius 3 is 2.30 bits per heavy atom. The molecule has 2 heterocycles. The van der Waals surface area contributed by atoms with Gasteiger partial charge in [-0.15, -0.1) is 0 Å². The molecule has 3 aromatic rings. The number of hydrogen-bond acceptors (Lipinski definition) is 22. The Labute approximate surface area is 371 Å². The quantitative estimate of drug-likeness (QED) is 0.0365. The van der Waals surface area contributed by atoms with E-state index in [4.69, 9.17) is 28.4 Å². The van der Waals surface area contributed by atoms with Gasteiger partial charge < -0.3 is 79.3 Å². The van der Waals surface area contributed by atoms with Gasteiger partial charge in [0.2, 0.25) is 12.1 Å². The number of fused-ring (bicyclic) bond motifs is 3. The normalized spacial score (nSPS) is 29.1. The number of ether oxygens (including phenoxy) is 7. The number of nitro groups is 1. The number of phenols is 2. The van der Waals surface area contributed by atoms with Crippen molar-refractivity contribution in [2.75, 3.05) is 20.8 Å². The van der Waals surface area contributed by atoms with E-state index in [0.717, 1.165) is 25.3 Å². The zero-order valence-corrected chi connectivity index (χ0v) is 35.0. The maximum atomic E-state index is 14.0. The molecule has 0 saturated carbocycles. The maximum absolute atomic E-state index is 14.0. The number of nitrogens with zero attached hydrogens (tertiary/aromatic N) is 1. The first-order chi connectivity index (χ1) is 31.2. The number of alkyl carbamates (subject to hydrolysis) is 1. The molecular formula is C42H44N2O22. The van der Waals surface area contributed by atoms with Crippen LogP contribution in [0, 0.1) is 10.1 Å². The maximum Gasteiger partial charge on any atom is 0.407 e. The fraction of sp³-hybridized carbons (Fsp3) is 0.452. The van der Waals surface area contributed by atoms with Crippen LogP contribution in [0.15, 0.2) is 36.4 Å². The molecule has 0 radical (unpaired) electrons. The molecule has 354 valence electrons. The first-order valence-electron chi connectivity index (χ1n) is 20.1. The summed E-state index contributed by atoms with van der Waals surface area (Å²) in [6.07, 6.45) is -18.3. The molecule has 2 aliphatic heterocycles. The fourth-order valence-corrected chi connectivity index (χ4v) is 8.48.